The molecule has 19 heavy (non-hydrogen) atoms. The lowest BCUT2D eigenvalue weighted by molar-refractivity contribution is 0.0347. The van der Waals surface area contributed by atoms with Gasteiger partial charge in [0.1, 0.15) is 11.9 Å². The molecule has 0 aliphatic heterocycles. The van der Waals surface area contributed by atoms with Crippen molar-refractivity contribution < 1.29 is 4.74 Å². The highest BCUT2D eigenvalue weighted by Gasteiger charge is 2.13. The van der Waals surface area contributed by atoms with Crippen LogP contribution in [-0.4, -0.2) is 24.2 Å². The quantitative estimate of drug-likeness (QED) is 0.793. The molecule has 0 bridgehead atoms. The first-order chi connectivity index (χ1) is 9.29. The summed E-state index contributed by atoms with van der Waals surface area (Å²) in [5, 5.41) is 12.0. The normalized spacial score (nSPS) is 15.9. The van der Waals surface area contributed by atoms with Gasteiger partial charge in [0.25, 0.3) is 0 Å². The van der Waals surface area contributed by atoms with E-state index in [-0.39, 0.29) is 5.69 Å². The number of ether oxygens (including phenoxy) is 1. The number of nitrogens with two attached hydrogens (primary N) is 1. The highest BCUT2D eigenvalue weighted by atomic mass is 16.5. The summed E-state index contributed by atoms with van der Waals surface area (Å²) in [5.74, 6) is 0.665. The summed E-state index contributed by atoms with van der Waals surface area (Å²) < 4.78 is 5.80. The molecule has 1 aliphatic rings. The fraction of sp³-hybridized carbons (Fsp3) is 0.571. The molecule has 0 unspecified atom stereocenters. The predicted octanol–water partition coefficient (Wildman–Crippen LogP) is 2.30. The van der Waals surface area contributed by atoms with Crippen LogP contribution in [0.5, 0.6) is 0 Å². The molecule has 1 heterocycles. The molecule has 0 radical (unpaired) electrons. The lowest BCUT2D eigenvalue weighted by atomic mass is 9.98. The van der Waals surface area contributed by atoms with Crippen molar-refractivity contribution in [2.45, 2.75) is 38.2 Å². The van der Waals surface area contributed by atoms with Gasteiger partial charge in [0.05, 0.1) is 18.4 Å². The van der Waals surface area contributed by atoms with Crippen LogP contribution in [0.2, 0.25) is 0 Å². The summed E-state index contributed by atoms with van der Waals surface area (Å²) in [4.78, 5) is 4.12. The molecule has 1 aliphatic carbocycles. The minimum Gasteiger partial charge on any atom is -0.396 e. The van der Waals surface area contributed by atoms with Gasteiger partial charge < -0.3 is 15.8 Å². The van der Waals surface area contributed by atoms with Gasteiger partial charge in [0.2, 0.25) is 0 Å². The van der Waals surface area contributed by atoms with Gasteiger partial charge >= 0.3 is 0 Å². The summed E-state index contributed by atoms with van der Waals surface area (Å²) in [5.41, 5.74) is 6.29. The van der Waals surface area contributed by atoms with Gasteiger partial charge in [-0.2, -0.15) is 5.26 Å². The minimum atomic E-state index is 0.262. The van der Waals surface area contributed by atoms with Gasteiger partial charge in [-0.25, -0.2) is 4.98 Å². The van der Waals surface area contributed by atoms with Crippen molar-refractivity contribution in [1.29, 1.82) is 5.26 Å². The standard InChI is InChI=1S/C14H20N4O/c15-10-13-12(16)6-7-14(18-13)17-8-9-19-11-4-2-1-3-5-11/h6-7,11H,1-5,8-9,16H2,(H,17,18). The van der Waals surface area contributed by atoms with E-state index in [4.69, 9.17) is 15.7 Å². The molecule has 1 saturated carbocycles. The van der Waals surface area contributed by atoms with Gasteiger partial charge in [-0.3, -0.25) is 0 Å². The van der Waals surface area contributed by atoms with Crippen LogP contribution < -0.4 is 11.1 Å². The molecule has 0 saturated heterocycles. The van der Waals surface area contributed by atoms with Gasteiger partial charge in [-0.05, 0) is 25.0 Å². The molecule has 0 atom stereocenters. The molecule has 0 spiro atoms. The number of anilines is 2. The monoisotopic (exact) mass is 260 g/mol. The van der Waals surface area contributed by atoms with Crippen LogP contribution in [0, 0.1) is 11.3 Å². The van der Waals surface area contributed by atoms with Gasteiger partial charge in [0.15, 0.2) is 5.69 Å². The molecule has 0 amide bonds. The molecule has 0 aromatic carbocycles. The van der Waals surface area contributed by atoms with E-state index in [0.717, 1.165) is 0 Å². The molecule has 1 fully saturated rings. The Labute approximate surface area is 113 Å². The van der Waals surface area contributed by atoms with Gasteiger partial charge in [0, 0.05) is 6.54 Å². The maximum absolute atomic E-state index is 8.84. The van der Waals surface area contributed by atoms with Crippen LogP contribution in [-0.2, 0) is 4.74 Å². The van der Waals surface area contributed by atoms with Crippen molar-refractivity contribution in [2.75, 3.05) is 24.2 Å². The van der Waals surface area contributed by atoms with Gasteiger partial charge in [-0.1, -0.05) is 19.3 Å². The molecule has 5 nitrogen and oxygen atoms in total. The van der Waals surface area contributed by atoms with Gasteiger partial charge in [-0.15, -0.1) is 0 Å². The van der Waals surface area contributed by atoms with Crippen LogP contribution in [0.15, 0.2) is 12.1 Å². The summed E-state index contributed by atoms with van der Waals surface area (Å²) in [6, 6.07) is 5.44. The Kier molecular flexibility index (Phi) is 4.99. The van der Waals surface area contributed by atoms with E-state index in [1.54, 1.807) is 12.1 Å². The van der Waals surface area contributed by atoms with E-state index in [9.17, 15) is 0 Å². The van der Waals surface area contributed by atoms with Crippen molar-refractivity contribution >= 4 is 11.5 Å². The largest absolute Gasteiger partial charge is 0.396 e. The zero-order chi connectivity index (χ0) is 13.5. The Morgan fingerprint density at radius 2 is 2.16 bits per heavy atom. The van der Waals surface area contributed by atoms with Crippen LogP contribution in [0.3, 0.4) is 0 Å². The molecule has 3 N–H and O–H groups in total. The third-order valence-electron chi connectivity index (χ3n) is 3.35. The van der Waals surface area contributed by atoms with Crippen LogP contribution >= 0.6 is 0 Å². The molecular weight excluding hydrogens is 240 g/mol. The SMILES string of the molecule is N#Cc1nc(NCCOC2CCCCC2)ccc1N. The Morgan fingerprint density at radius 1 is 1.37 bits per heavy atom. The third-order valence-corrected chi connectivity index (χ3v) is 3.35. The van der Waals surface area contributed by atoms with Crippen molar-refractivity contribution in [3.05, 3.63) is 17.8 Å². The first kappa shape index (κ1) is 13.6. The average molecular weight is 260 g/mol. The fourth-order valence-corrected chi connectivity index (χ4v) is 2.29. The van der Waals surface area contributed by atoms with Crippen molar-refractivity contribution in [3.8, 4) is 6.07 Å². The Morgan fingerprint density at radius 3 is 2.89 bits per heavy atom. The zero-order valence-corrected chi connectivity index (χ0v) is 11.1. The Hall–Kier alpha value is -1.80. The second-order valence-electron chi connectivity index (χ2n) is 4.80. The Bertz CT molecular complexity index is 449. The van der Waals surface area contributed by atoms with E-state index in [1.165, 1.54) is 32.1 Å². The lowest BCUT2D eigenvalue weighted by Crippen LogP contribution is -2.20. The summed E-state index contributed by atoms with van der Waals surface area (Å²) >= 11 is 0. The van der Waals surface area contributed by atoms with Crippen molar-refractivity contribution in [2.24, 2.45) is 0 Å². The fourth-order valence-electron chi connectivity index (χ4n) is 2.29. The predicted molar refractivity (Wildman–Crippen MR) is 74.7 cm³/mol. The summed E-state index contributed by atoms with van der Waals surface area (Å²) in [7, 11) is 0. The van der Waals surface area contributed by atoms with E-state index in [1.807, 2.05) is 6.07 Å². The average Bonchev–Trinajstić information content (AvgIpc) is 2.46. The summed E-state index contributed by atoms with van der Waals surface area (Å²) in [6.45, 7) is 1.36. The molecule has 102 valence electrons. The number of nitriles is 1. The second kappa shape index (κ2) is 6.95. The van der Waals surface area contributed by atoms with Crippen LogP contribution in [0.25, 0.3) is 0 Å². The highest BCUT2D eigenvalue weighted by molar-refractivity contribution is 5.54. The number of hydrogen-bond acceptors (Lipinski definition) is 5. The van der Waals surface area contributed by atoms with E-state index in [2.05, 4.69) is 10.3 Å². The molecule has 1 aromatic heterocycles. The van der Waals surface area contributed by atoms with Crippen LogP contribution in [0.4, 0.5) is 11.5 Å². The van der Waals surface area contributed by atoms with E-state index < -0.39 is 0 Å². The Balaban J connectivity index is 1.72. The van der Waals surface area contributed by atoms with E-state index in [0.29, 0.717) is 30.8 Å². The lowest BCUT2D eigenvalue weighted by Gasteiger charge is -2.22. The highest BCUT2D eigenvalue weighted by Crippen LogP contribution is 2.20. The smallest absolute Gasteiger partial charge is 0.165 e. The number of rotatable bonds is 5. The number of hydrogen-bond donors (Lipinski definition) is 2. The topological polar surface area (TPSA) is 84.0 Å². The molecule has 5 heteroatoms. The van der Waals surface area contributed by atoms with Crippen molar-refractivity contribution in [3.63, 3.8) is 0 Å². The minimum absolute atomic E-state index is 0.262. The number of nitrogens with zero attached hydrogens (tertiary/aromatic N) is 2. The molecule has 1 aromatic rings. The number of pyridine rings is 1. The summed E-state index contributed by atoms with van der Waals surface area (Å²) in [6.07, 6.45) is 6.68. The molecular formula is C14H20N4O. The maximum Gasteiger partial charge on any atom is 0.165 e. The zero-order valence-electron chi connectivity index (χ0n) is 11.1. The maximum atomic E-state index is 8.84. The third kappa shape index (κ3) is 4.11. The number of nitrogen functional groups attached to an aromatic ring is 1. The first-order valence-corrected chi connectivity index (χ1v) is 6.81. The second-order valence-corrected chi connectivity index (χ2v) is 4.80. The van der Waals surface area contributed by atoms with Crippen LogP contribution in [0.1, 0.15) is 37.8 Å². The molecule has 2 rings (SSSR count). The first-order valence-electron chi connectivity index (χ1n) is 6.81. The van der Waals surface area contributed by atoms with E-state index >= 15 is 0 Å². The number of aromatic nitrogens is 1. The number of nitrogens with one attached hydrogen (secondary N) is 1. The van der Waals surface area contributed by atoms with Crippen molar-refractivity contribution in [1.82, 2.24) is 4.98 Å².